The van der Waals surface area contributed by atoms with Gasteiger partial charge in [-0.1, -0.05) is 0 Å². The molecule has 0 fully saturated rings. The van der Waals surface area contributed by atoms with E-state index in [1.807, 2.05) is 0 Å². The van der Waals surface area contributed by atoms with Crippen molar-refractivity contribution in [3.8, 4) is 0 Å². The molecule has 2 heteroatoms. The Labute approximate surface area is 66.5 Å². The van der Waals surface area contributed by atoms with Gasteiger partial charge in [-0.15, -0.1) is 0 Å². The second kappa shape index (κ2) is 7.10. The zero-order valence-electron chi connectivity index (χ0n) is 5.08. The van der Waals surface area contributed by atoms with Crippen LogP contribution in [-0.4, -0.2) is 0 Å². The number of rotatable bonds is 2. The molecule has 40 valence electrons. The minimum absolute atomic E-state index is 0. The van der Waals surface area contributed by atoms with E-state index in [0.29, 0.717) is 0 Å². The van der Waals surface area contributed by atoms with Gasteiger partial charge in [0.1, 0.15) is 0 Å². The van der Waals surface area contributed by atoms with Gasteiger partial charge in [-0.05, 0) is 0 Å². The van der Waals surface area contributed by atoms with Gasteiger partial charge in [0.05, 0.1) is 0 Å². The van der Waals surface area contributed by atoms with Gasteiger partial charge >= 0.3 is 49.5 Å². The summed E-state index contributed by atoms with van der Waals surface area (Å²) in [6, 6.07) is 0. The van der Waals surface area contributed by atoms with E-state index >= 15 is 0 Å². The number of hydrogen-bond acceptors (Lipinski definition) is 0. The molecule has 0 amide bonds. The first-order valence-corrected chi connectivity index (χ1v) is 4.35. The zero-order valence-corrected chi connectivity index (χ0v) is 9.63. The number of hydrogen-bond donors (Lipinski definition) is 0. The first-order chi connectivity index (χ1) is 2.81. The molecule has 0 radical (unpaired) electrons. The van der Waals surface area contributed by atoms with Gasteiger partial charge < -0.3 is 17.0 Å². The van der Waals surface area contributed by atoms with Gasteiger partial charge in [-0.3, -0.25) is 0 Å². The van der Waals surface area contributed by atoms with E-state index in [4.69, 9.17) is 0 Å². The minimum Gasteiger partial charge on any atom is -1.00 e. The van der Waals surface area contributed by atoms with Gasteiger partial charge in [-0.25, -0.2) is 0 Å². The summed E-state index contributed by atoms with van der Waals surface area (Å²) in [6.07, 6.45) is 2.77. The molecule has 0 heterocycles. The molecule has 7 heavy (non-hydrogen) atoms. The summed E-state index contributed by atoms with van der Waals surface area (Å²) in [5, 5.41) is 0. The Bertz CT molecular complexity index is 27.3. The maximum atomic E-state index is 2.26. The SMILES string of the molecule is CC[CH]([Zn+])CC.[Br-]. The molecule has 0 aromatic carbocycles. The quantitative estimate of drug-likeness (QED) is 0.527. The van der Waals surface area contributed by atoms with Crippen molar-refractivity contribution < 1.29 is 35.3 Å². The summed E-state index contributed by atoms with van der Waals surface area (Å²) in [4.78, 5) is 0. The van der Waals surface area contributed by atoms with Crippen molar-refractivity contribution in [2.75, 3.05) is 0 Å². The normalized spacial score (nSPS) is 8.71. The summed E-state index contributed by atoms with van der Waals surface area (Å²) in [5.41, 5.74) is 0. The Morgan fingerprint density at radius 3 is 1.57 bits per heavy atom. The number of halogens is 1. The van der Waals surface area contributed by atoms with Crippen molar-refractivity contribution in [3.63, 3.8) is 0 Å². The van der Waals surface area contributed by atoms with E-state index in [9.17, 15) is 0 Å². The van der Waals surface area contributed by atoms with E-state index in [1.54, 1.807) is 0 Å². The molecule has 0 aromatic rings. The first kappa shape index (κ1) is 11.0. The average Bonchev–Trinajstić information content (AvgIpc) is 1.65. The van der Waals surface area contributed by atoms with E-state index in [2.05, 4.69) is 13.8 Å². The predicted octanol–water partition coefficient (Wildman–Crippen LogP) is -0.854. The summed E-state index contributed by atoms with van der Waals surface area (Å²) >= 11 is 1.48. The van der Waals surface area contributed by atoms with Crippen molar-refractivity contribution in [3.05, 3.63) is 0 Å². The van der Waals surface area contributed by atoms with E-state index in [-0.39, 0.29) is 17.0 Å². The minimum atomic E-state index is 0. The van der Waals surface area contributed by atoms with Gasteiger partial charge in [0.2, 0.25) is 0 Å². The predicted molar refractivity (Wildman–Crippen MR) is 24.3 cm³/mol. The summed E-state index contributed by atoms with van der Waals surface area (Å²) < 4.78 is 1.06. The standard InChI is InChI=1S/C5H11.BrH.Zn/c1-3-5-4-2;;/h5H,3-4H2,1-2H3;1H;/q;;+1/p-1. The molecule has 0 rings (SSSR count). The molecular weight excluding hydrogens is 205 g/mol. The third kappa shape index (κ3) is 7.10. The van der Waals surface area contributed by atoms with E-state index in [1.165, 1.54) is 31.1 Å². The monoisotopic (exact) mass is 214 g/mol. The van der Waals surface area contributed by atoms with E-state index in [0.717, 1.165) is 4.51 Å². The third-order valence-electron chi connectivity index (χ3n) is 1.15. The van der Waals surface area contributed by atoms with Crippen molar-refractivity contribution in [1.82, 2.24) is 0 Å². The fourth-order valence-corrected chi connectivity index (χ4v) is 0.289. The molecule has 0 spiro atoms. The molecular formula is C5H11BrZn. The molecule has 0 nitrogen and oxygen atoms in total. The summed E-state index contributed by atoms with van der Waals surface area (Å²) in [5.74, 6) is 0. The summed E-state index contributed by atoms with van der Waals surface area (Å²) in [7, 11) is 0. The fraction of sp³-hybridized carbons (Fsp3) is 1.00. The fourth-order valence-electron chi connectivity index (χ4n) is 0.289. The Hall–Kier alpha value is 1.10. The first-order valence-electron chi connectivity index (χ1n) is 2.64. The van der Waals surface area contributed by atoms with Crippen LogP contribution < -0.4 is 17.0 Å². The smallest absolute Gasteiger partial charge is 1.00 e. The molecule has 0 atom stereocenters. The van der Waals surface area contributed by atoms with Gasteiger partial charge in [-0.2, -0.15) is 0 Å². The molecule has 0 unspecified atom stereocenters. The molecule has 0 saturated heterocycles. The van der Waals surface area contributed by atoms with Crippen LogP contribution in [-0.2, 0) is 18.3 Å². The van der Waals surface area contributed by atoms with Crippen LogP contribution in [0.2, 0.25) is 4.51 Å². The zero-order chi connectivity index (χ0) is 4.99. The van der Waals surface area contributed by atoms with Crippen LogP contribution in [0.4, 0.5) is 0 Å². The maximum absolute atomic E-state index is 2.26. The molecule has 0 aliphatic rings. The van der Waals surface area contributed by atoms with Gasteiger partial charge in [0, 0.05) is 0 Å². The van der Waals surface area contributed by atoms with Crippen molar-refractivity contribution in [1.29, 1.82) is 0 Å². The largest absolute Gasteiger partial charge is 1.00 e. The van der Waals surface area contributed by atoms with E-state index < -0.39 is 0 Å². The van der Waals surface area contributed by atoms with Crippen LogP contribution in [0.1, 0.15) is 26.7 Å². The second-order valence-electron chi connectivity index (χ2n) is 1.68. The Kier molecular flexibility index (Phi) is 11.1. The molecule has 0 aromatic heterocycles. The van der Waals surface area contributed by atoms with Crippen LogP contribution in [0.3, 0.4) is 0 Å². The van der Waals surface area contributed by atoms with Crippen molar-refractivity contribution >= 4 is 0 Å². The van der Waals surface area contributed by atoms with Crippen molar-refractivity contribution in [2.24, 2.45) is 0 Å². The van der Waals surface area contributed by atoms with Crippen LogP contribution in [0.5, 0.6) is 0 Å². The molecule has 0 bridgehead atoms. The van der Waals surface area contributed by atoms with Crippen molar-refractivity contribution in [2.45, 2.75) is 31.2 Å². The van der Waals surface area contributed by atoms with Crippen LogP contribution in [0, 0.1) is 0 Å². The van der Waals surface area contributed by atoms with Gasteiger partial charge in [0.15, 0.2) is 0 Å². The molecule has 0 aliphatic heterocycles. The van der Waals surface area contributed by atoms with Crippen LogP contribution in [0.25, 0.3) is 0 Å². The molecule has 0 saturated carbocycles. The Balaban J connectivity index is 0. The molecule has 0 aliphatic carbocycles. The Morgan fingerprint density at radius 2 is 1.57 bits per heavy atom. The second-order valence-corrected chi connectivity index (χ2v) is 4.11. The maximum Gasteiger partial charge on any atom is -1.00 e. The Morgan fingerprint density at radius 1 is 1.29 bits per heavy atom. The van der Waals surface area contributed by atoms with Crippen LogP contribution >= 0.6 is 0 Å². The van der Waals surface area contributed by atoms with Gasteiger partial charge in [0.25, 0.3) is 0 Å². The average molecular weight is 216 g/mol. The van der Waals surface area contributed by atoms with Crippen LogP contribution in [0.15, 0.2) is 0 Å². The molecule has 0 N–H and O–H groups in total. The third-order valence-corrected chi connectivity index (χ3v) is 3.58. The topological polar surface area (TPSA) is 0 Å². The summed E-state index contributed by atoms with van der Waals surface area (Å²) in [6.45, 7) is 4.52.